The molecule has 0 bridgehead atoms. The molecule has 0 aromatic carbocycles. The molecule has 0 saturated carbocycles. The number of aliphatic carboxylic acids is 1. The van der Waals surface area contributed by atoms with Crippen molar-refractivity contribution in [2.45, 2.75) is 53.9 Å². The molecule has 0 aliphatic heterocycles. The van der Waals surface area contributed by atoms with E-state index in [1.54, 1.807) is 4.90 Å². The van der Waals surface area contributed by atoms with Gasteiger partial charge in [-0.05, 0) is 12.3 Å². The lowest BCUT2D eigenvalue weighted by molar-refractivity contribution is -0.139. The van der Waals surface area contributed by atoms with Gasteiger partial charge in [0.2, 0.25) is 11.8 Å². The summed E-state index contributed by atoms with van der Waals surface area (Å²) in [6.07, 6.45) is 0.832. The van der Waals surface area contributed by atoms with Crippen molar-refractivity contribution in [1.29, 1.82) is 0 Å². The second kappa shape index (κ2) is 9.43. The summed E-state index contributed by atoms with van der Waals surface area (Å²) in [5.41, 5.74) is -0.435. The lowest BCUT2D eigenvalue weighted by atomic mass is 9.96. The topological polar surface area (TPSA) is 86.7 Å². The molecule has 2 amide bonds. The van der Waals surface area contributed by atoms with Crippen molar-refractivity contribution in [3.8, 4) is 0 Å². The highest BCUT2D eigenvalue weighted by molar-refractivity contribution is 5.81. The van der Waals surface area contributed by atoms with Crippen molar-refractivity contribution in [2.24, 2.45) is 11.3 Å². The first-order chi connectivity index (χ1) is 10.0. The van der Waals surface area contributed by atoms with E-state index >= 15 is 0 Å². The van der Waals surface area contributed by atoms with E-state index in [-0.39, 0.29) is 24.8 Å². The van der Waals surface area contributed by atoms with Crippen LogP contribution in [0.25, 0.3) is 0 Å². The van der Waals surface area contributed by atoms with Gasteiger partial charge in [0.1, 0.15) is 0 Å². The number of carbonyl (C=O) groups excluding carboxylic acids is 2. The van der Waals surface area contributed by atoms with Gasteiger partial charge in [-0.3, -0.25) is 14.4 Å². The van der Waals surface area contributed by atoms with Crippen LogP contribution in [-0.4, -0.2) is 47.4 Å². The quantitative estimate of drug-likeness (QED) is 0.636. The average Bonchev–Trinajstić information content (AvgIpc) is 2.37. The van der Waals surface area contributed by atoms with E-state index in [1.165, 1.54) is 0 Å². The highest BCUT2D eigenvalue weighted by Gasteiger charge is 2.21. The number of nitrogens with zero attached hydrogens (tertiary/aromatic N) is 1. The maximum absolute atomic E-state index is 12.2. The Bertz CT molecular complexity index is 386. The summed E-state index contributed by atoms with van der Waals surface area (Å²) in [6, 6.07) is 0. The molecule has 0 fully saturated rings. The van der Waals surface area contributed by atoms with Crippen molar-refractivity contribution < 1.29 is 19.5 Å². The molecule has 0 aromatic heterocycles. The molecule has 0 aliphatic rings. The van der Waals surface area contributed by atoms with Crippen molar-refractivity contribution >= 4 is 17.8 Å². The van der Waals surface area contributed by atoms with Crippen LogP contribution in [0.15, 0.2) is 0 Å². The molecule has 22 heavy (non-hydrogen) atoms. The van der Waals surface area contributed by atoms with Crippen LogP contribution in [0, 0.1) is 11.3 Å². The fourth-order valence-corrected chi connectivity index (χ4v) is 1.85. The third kappa shape index (κ3) is 9.37. The number of carboxylic acids is 1. The molecule has 0 unspecified atom stereocenters. The molecule has 2 N–H and O–H groups in total. The second-order valence-electron chi connectivity index (χ2n) is 6.99. The molecule has 0 rings (SSSR count). The van der Waals surface area contributed by atoms with Gasteiger partial charge in [0.15, 0.2) is 0 Å². The second-order valence-corrected chi connectivity index (χ2v) is 6.99. The minimum absolute atomic E-state index is 0.0372. The summed E-state index contributed by atoms with van der Waals surface area (Å²) in [5, 5.41) is 11.5. The molecule has 0 spiro atoms. The molecular formula is C16H30N2O4. The number of rotatable bonds is 9. The van der Waals surface area contributed by atoms with Gasteiger partial charge in [0.05, 0.1) is 6.42 Å². The Kier molecular flexibility index (Phi) is 8.75. The maximum Gasteiger partial charge on any atom is 0.305 e. The molecule has 128 valence electrons. The minimum Gasteiger partial charge on any atom is -0.481 e. The molecule has 6 heteroatoms. The fourth-order valence-electron chi connectivity index (χ4n) is 1.85. The summed E-state index contributed by atoms with van der Waals surface area (Å²) >= 11 is 0. The standard InChI is InChI=1S/C16H30N2O4/c1-12(2)11-18(10-8-14(20)21)13(19)7-6-9-17-15(22)16(3,4)5/h12H,6-11H2,1-5H3,(H,17,22)(H,20,21). The predicted octanol–water partition coefficient (Wildman–Crippen LogP) is 1.89. The van der Waals surface area contributed by atoms with Crippen LogP contribution in [0.4, 0.5) is 0 Å². The first kappa shape index (κ1) is 20.4. The Morgan fingerprint density at radius 3 is 2.18 bits per heavy atom. The van der Waals surface area contributed by atoms with Crippen LogP contribution in [0.3, 0.4) is 0 Å². The van der Waals surface area contributed by atoms with Gasteiger partial charge in [0.25, 0.3) is 0 Å². The Morgan fingerprint density at radius 2 is 1.73 bits per heavy atom. The summed E-state index contributed by atoms with van der Waals surface area (Å²) in [4.78, 5) is 36.1. The molecule has 0 aromatic rings. The Morgan fingerprint density at radius 1 is 1.14 bits per heavy atom. The lowest BCUT2D eigenvalue weighted by Crippen LogP contribution is -2.37. The molecular weight excluding hydrogens is 284 g/mol. The minimum atomic E-state index is -0.904. The summed E-state index contributed by atoms with van der Waals surface area (Å²) in [7, 11) is 0. The van der Waals surface area contributed by atoms with Gasteiger partial charge in [-0.2, -0.15) is 0 Å². The normalized spacial score (nSPS) is 11.4. The van der Waals surface area contributed by atoms with Crippen LogP contribution in [-0.2, 0) is 14.4 Å². The highest BCUT2D eigenvalue weighted by atomic mass is 16.4. The van der Waals surface area contributed by atoms with E-state index in [9.17, 15) is 14.4 Å². The number of carboxylic acid groups (broad SMARTS) is 1. The van der Waals surface area contributed by atoms with Gasteiger partial charge in [0, 0.05) is 31.5 Å². The SMILES string of the molecule is CC(C)CN(CCC(=O)O)C(=O)CCCNC(=O)C(C)(C)C. The van der Waals surface area contributed by atoms with Gasteiger partial charge in [-0.15, -0.1) is 0 Å². The molecule has 0 heterocycles. The van der Waals surface area contributed by atoms with Gasteiger partial charge in [-0.1, -0.05) is 34.6 Å². The van der Waals surface area contributed by atoms with E-state index in [2.05, 4.69) is 5.32 Å². The Labute approximate surface area is 133 Å². The number of nitrogens with one attached hydrogen (secondary N) is 1. The van der Waals surface area contributed by atoms with E-state index in [4.69, 9.17) is 5.11 Å². The number of carbonyl (C=O) groups is 3. The van der Waals surface area contributed by atoms with Crippen LogP contribution in [0.2, 0.25) is 0 Å². The Hall–Kier alpha value is -1.59. The highest BCUT2D eigenvalue weighted by Crippen LogP contribution is 2.12. The monoisotopic (exact) mass is 314 g/mol. The largest absolute Gasteiger partial charge is 0.481 e. The van der Waals surface area contributed by atoms with E-state index < -0.39 is 11.4 Å². The summed E-state index contributed by atoms with van der Waals surface area (Å²) in [6.45, 7) is 10.7. The smallest absolute Gasteiger partial charge is 0.305 e. The van der Waals surface area contributed by atoms with Crippen molar-refractivity contribution in [2.75, 3.05) is 19.6 Å². The zero-order valence-electron chi connectivity index (χ0n) is 14.4. The van der Waals surface area contributed by atoms with Crippen LogP contribution >= 0.6 is 0 Å². The molecule has 0 atom stereocenters. The first-order valence-corrected chi connectivity index (χ1v) is 7.82. The van der Waals surface area contributed by atoms with Crippen LogP contribution in [0.5, 0.6) is 0 Å². The zero-order chi connectivity index (χ0) is 17.3. The third-order valence-electron chi connectivity index (χ3n) is 3.07. The summed E-state index contributed by atoms with van der Waals surface area (Å²) in [5.74, 6) is -0.706. The molecule has 6 nitrogen and oxygen atoms in total. The number of hydrogen-bond acceptors (Lipinski definition) is 3. The zero-order valence-corrected chi connectivity index (χ0v) is 14.4. The van der Waals surface area contributed by atoms with Crippen molar-refractivity contribution in [3.05, 3.63) is 0 Å². The molecule has 0 saturated heterocycles. The first-order valence-electron chi connectivity index (χ1n) is 7.82. The average molecular weight is 314 g/mol. The lowest BCUT2D eigenvalue weighted by Gasteiger charge is -2.24. The van der Waals surface area contributed by atoms with Crippen molar-refractivity contribution in [3.63, 3.8) is 0 Å². The van der Waals surface area contributed by atoms with Crippen molar-refractivity contribution in [1.82, 2.24) is 10.2 Å². The third-order valence-corrected chi connectivity index (χ3v) is 3.07. The Balaban J connectivity index is 4.22. The van der Waals surface area contributed by atoms with Gasteiger partial charge in [-0.25, -0.2) is 0 Å². The van der Waals surface area contributed by atoms with Gasteiger partial charge >= 0.3 is 5.97 Å². The van der Waals surface area contributed by atoms with Gasteiger partial charge < -0.3 is 15.3 Å². The fraction of sp³-hybridized carbons (Fsp3) is 0.812. The van der Waals surface area contributed by atoms with Crippen LogP contribution in [0.1, 0.15) is 53.9 Å². The predicted molar refractivity (Wildman–Crippen MR) is 85.4 cm³/mol. The van der Waals surface area contributed by atoms with E-state index in [1.807, 2.05) is 34.6 Å². The number of hydrogen-bond donors (Lipinski definition) is 2. The van der Waals surface area contributed by atoms with E-state index in [0.29, 0.717) is 31.8 Å². The summed E-state index contributed by atoms with van der Waals surface area (Å²) < 4.78 is 0. The molecule has 0 radical (unpaired) electrons. The van der Waals surface area contributed by atoms with Crippen LogP contribution < -0.4 is 5.32 Å². The van der Waals surface area contributed by atoms with E-state index in [0.717, 1.165) is 0 Å². The molecule has 0 aliphatic carbocycles. The number of amides is 2. The maximum atomic E-state index is 12.2.